The second-order valence-electron chi connectivity index (χ2n) is 9.13. The molecular formula is C29H45NO4. The van der Waals surface area contributed by atoms with Gasteiger partial charge >= 0.3 is 0 Å². The Balaban J connectivity index is 1.64. The van der Waals surface area contributed by atoms with Gasteiger partial charge in [0.2, 0.25) is 0 Å². The minimum atomic E-state index is 0.594. The Labute approximate surface area is 207 Å². The number of ether oxygens (including phenoxy) is 4. The molecular weight excluding hydrogens is 426 g/mol. The summed E-state index contributed by atoms with van der Waals surface area (Å²) >= 11 is 0. The van der Waals surface area contributed by atoms with Crippen molar-refractivity contribution in [1.29, 1.82) is 0 Å². The first kappa shape index (κ1) is 27.8. The van der Waals surface area contributed by atoms with E-state index in [9.17, 15) is 0 Å². The number of rotatable bonds is 17. The molecule has 0 radical (unpaired) electrons. The fraction of sp³-hybridized carbons (Fsp3) is 0.586. The van der Waals surface area contributed by atoms with Gasteiger partial charge in [0.1, 0.15) is 0 Å². The third-order valence-electron chi connectivity index (χ3n) is 6.45. The standard InChI is InChI=1S/C29H45NO4/c1-23(2)30(19-11-7-9-13-24-15-17-26(31-3)28(21-24)33-5)20-12-8-10-14-25-16-18-27(32-4)29(22-25)34-6/h15-18,21-23H,7-14,19-20H2,1-6H3. The van der Waals surface area contributed by atoms with Gasteiger partial charge in [-0.1, -0.05) is 25.0 Å². The van der Waals surface area contributed by atoms with Gasteiger partial charge in [0, 0.05) is 6.04 Å². The summed E-state index contributed by atoms with van der Waals surface area (Å²) in [5.74, 6) is 3.22. The van der Waals surface area contributed by atoms with Gasteiger partial charge in [-0.25, -0.2) is 0 Å². The molecule has 0 saturated heterocycles. The van der Waals surface area contributed by atoms with Crippen LogP contribution in [0.4, 0.5) is 0 Å². The van der Waals surface area contributed by atoms with Gasteiger partial charge < -0.3 is 23.8 Å². The quantitative estimate of drug-likeness (QED) is 0.244. The van der Waals surface area contributed by atoms with Crippen molar-refractivity contribution in [2.24, 2.45) is 0 Å². The van der Waals surface area contributed by atoms with E-state index in [1.54, 1.807) is 28.4 Å². The van der Waals surface area contributed by atoms with E-state index >= 15 is 0 Å². The highest BCUT2D eigenvalue weighted by atomic mass is 16.5. The van der Waals surface area contributed by atoms with Gasteiger partial charge in [-0.2, -0.15) is 0 Å². The van der Waals surface area contributed by atoms with Crippen LogP contribution < -0.4 is 18.9 Å². The fourth-order valence-corrected chi connectivity index (χ4v) is 4.34. The minimum absolute atomic E-state index is 0.594. The number of hydrogen-bond acceptors (Lipinski definition) is 5. The largest absolute Gasteiger partial charge is 0.493 e. The van der Waals surface area contributed by atoms with Gasteiger partial charge in [-0.15, -0.1) is 0 Å². The first-order valence-corrected chi connectivity index (χ1v) is 12.7. The zero-order chi connectivity index (χ0) is 24.8. The summed E-state index contributed by atoms with van der Waals surface area (Å²) in [6.45, 7) is 6.99. The predicted octanol–water partition coefficient (Wildman–Crippen LogP) is 6.56. The van der Waals surface area contributed by atoms with Crippen molar-refractivity contribution in [1.82, 2.24) is 4.90 Å². The molecule has 190 valence electrons. The Morgan fingerprint density at radius 1 is 0.559 bits per heavy atom. The summed E-state index contributed by atoms with van der Waals surface area (Å²) < 4.78 is 21.5. The number of aryl methyl sites for hydroxylation is 2. The van der Waals surface area contributed by atoms with E-state index in [2.05, 4.69) is 43.0 Å². The van der Waals surface area contributed by atoms with E-state index in [-0.39, 0.29) is 0 Å². The third-order valence-corrected chi connectivity index (χ3v) is 6.45. The van der Waals surface area contributed by atoms with Crippen LogP contribution in [0.2, 0.25) is 0 Å². The van der Waals surface area contributed by atoms with Crippen molar-refractivity contribution in [3.8, 4) is 23.0 Å². The van der Waals surface area contributed by atoms with Crippen LogP contribution in [0.5, 0.6) is 23.0 Å². The monoisotopic (exact) mass is 471 g/mol. The second-order valence-corrected chi connectivity index (χ2v) is 9.13. The number of benzene rings is 2. The second kappa shape index (κ2) is 15.5. The maximum Gasteiger partial charge on any atom is 0.160 e. The fourth-order valence-electron chi connectivity index (χ4n) is 4.34. The number of nitrogens with zero attached hydrogens (tertiary/aromatic N) is 1. The van der Waals surface area contributed by atoms with Crippen molar-refractivity contribution < 1.29 is 18.9 Å². The maximum atomic E-state index is 5.42. The average molecular weight is 472 g/mol. The first-order valence-electron chi connectivity index (χ1n) is 12.7. The summed E-state index contributed by atoms with van der Waals surface area (Å²) in [6, 6.07) is 13.1. The molecule has 5 heteroatoms. The normalized spacial score (nSPS) is 11.2. The van der Waals surface area contributed by atoms with Crippen LogP contribution in [0.15, 0.2) is 36.4 Å². The molecule has 2 aromatic carbocycles. The predicted molar refractivity (Wildman–Crippen MR) is 141 cm³/mol. The summed E-state index contributed by atoms with van der Waals surface area (Å²) in [5, 5.41) is 0. The summed E-state index contributed by atoms with van der Waals surface area (Å²) in [6.07, 6.45) is 9.55. The van der Waals surface area contributed by atoms with Crippen LogP contribution in [0.1, 0.15) is 63.5 Å². The molecule has 2 rings (SSSR count). The van der Waals surface area contributed by atoms with Crippen molar-refractivity contribution in [2.45, 2.75) is 71.3 Å². The third kappa shape index (κ3) is 9.09. The smallest absolute Gasteiger partial charge is 0.160 e. The highest BCUT2D eigenvalue weighted by molar-refractivity contribution is 5.43. The van der Waals surface area contributed by atoms with Gasteiger partial charge in [0.25, 0.3) is 0 Å². The maximum absolute atomic E-state index is 5.42. The summed E-state index contributed by atoms with van der Waals surface area (Å²) in [4.78, 5) is 2.63. The highest BCUT2D eigenvalue weighted by Crippen LogP contribution is 2.29. The first-order chi connectivity index (χ1) is 16.5. The Hall–Kier alpha value is -2.40. The molecule has 0 aliphatic heterocycles. The molecule has 0 fully saturated rings. The van der Waals surface area contributed by atoms with Crippen LogP contribution in [0, 0.1) is 0 Å². The molecule has 0 bridgehead atoms. The molecule has 0 amide bonds. The summed E-state index contributed by atoms with van der Waals surface area (Å²) in [7, 11) is 6.74. The lowest BCUT2D eigenvalue weighted by Crippen LogP contribution is -2.32. The van der Waals surface area contributed by atoms with E-state index in [1.807, 2.05) is 12.1 Å². The van der Waals surface area contributed by atoms with E-state index in [1.165, 1.54) is 62.7 Å². The van der Waals surface area contributed by atoms with Gasteiger partial charge in [-0.3, -0.25) is 0 Å². The molecule has 2 aromatic rings. The lowest BCUT2D eigenvalue weighted by molar-refractivity contribution is 0.212. The zero-order valence-corrected chi connectivity index (χ0v) is 22.2. The zero-order valence-electron chi connectivity index (χ0n) is 22.2. The molecule has 0 atom stereocenters. The molecule has 5 nitrogen and oxygen atoms in total. The van der Waals surface area contributed by atoms with Gasteiger partial charge in [0.05, 0.1) is 28.4 Å². The van der Waals surface area contributed by atoms with Gasteiger partial charge in [0.15, 0.2) is 23.0 Å². The molecule has 34 heavy (non-hydrogen) atoms. The van der Waals surface area contributed by atoms with Crippen LogP contribution in [0.3, 0.4) is 0 Å². The molecule has 0 heterocycles. The molecule has 0 spiro atoms. The van der Waals surface area contributed by atoms with Crippen molar-refractivity contribution in [3.05, 3.63) is 47.5 Å². The van der Waals surface area contributed by atoms with E-state index in [0.717, 1.165) is 35.8 Å². The van der Waals surface area contributed by atoms with Gasteiger partial charge in [-0.05, 0) is 101 Å². The topological polar surface area (TPSA) is 40.2 Å². The van der Waals surface area contributed by atoms with Crippen molar-refractivity contribution >= 4 is 0 Å². The van der Waals surface area contributed by atoms with Crippen LogP contribution in [-0.4, -0.2) is 52.5 Å². The number of unbranched alkanes of at least 4 members (excludes halogenated alkanes) is 4. The highest BCUT2D eigenvalue weighted by Gasteiger charge is 2.10. The van der Waals surface area contributed by atoms with Crippen LogP contribution in [-0.2, 0) is 12.8 Å². The SMILES string of the molecule is COc1ccc(CCCCCN(CCCCCc2ccc(OC)c(OC)c2)C(C)C)cc1OC. The van der Waals surface area contributed by atoms with Crippen LogP contribution >= 0.6 is 0 Å². The lowest BCUT2D eigenvalue weighted by atomic mass is 10.1. The Morgan fingerprint density at radius 3 is 1.32 bits per heavy atom. The number of methoxy groups -OCH3 is 4. The summed E-state index contributed by atoms with van der Waals surface area (Å²) in [5.41, 5.74) is 2.63. The van der Waals surface area contributed by atoms with E-state index in [0.29, 0.717) is 6.04 Å². The van der Waals surface area contributed by atoms with Crippen molar-refractivity contribution in [2.75, 3.05) is 41.5 Å². The minimum Gasteiger partial charge on any atom is -0.493 e. The molecule has 0 aliphatic carbocycles. The van der Waals surface area contributed by atoms with E-state index in [4.69, 9.17) is 18.9 Å². The molecule has 0 aliphatic rings. The van der Waals surface area contributed by atoms with Crippen LogP contribution in [0.25, 0.3) is 0 Å². The van der Waals surface area contributed by atoms with E-state index < -0.39 is 0 Å². The Morgan fingerprint density at radius 2 is 0.971 bits per heavy atom. The molecule has 0 N–H and O–H groups in total. The lowest BCUT2D eigenvalue weighted by Gasteiger charge is -2.26. The Bertz CT molecular complexity index is 771. The molecule has 0 unspecified atom stereocenters. The Kier molecular flexibility index (Phi) is 12.7. The molecule has 0 aromatic heterocycles. The number of hydrogen-bond donors (Lipinski definition) is 0. The van der Waals surface area contributed by atoms with Crippen molar-refractivity contribution in [3.63, 3.8) is 0 Å². The molecule has 0 saturated carbocycles. The average Bonchev–Trinajstić information content (AvgIpc) is 2.86.